The maximum Gasteiger partial charge on any atom is 0.315 e. The number of benzene rings is 1. The van der Waals surface area contributed by atoms with Crippen LogP contribution in [0.2, 0.25) is 0 Å². The molecule has 0 fully saturated rings. The van der Waals surface area contributed by atoms with Crippen molar-refractivity contribution in [1.82, 2.24) is 15.8 Å². The molecule has 0 unspecified atom stereocenters. The summed E-state index contributed by atoms with van der Waals surface area (Å²) in [6.07, 6.45) is -0.299. The number of amides is 2. The van der Waals surface area contributed by atoms with E-state index in [1.165, 1.54) is 12.1 Å². The minimum Gasteiger partial charge on any atom is -0.489 e. The minimum absolute atomic E-state index is 0.226. The van der Waals surface area contributed by atoms with Gasteiger partial charge in [0, 0.05) is 11.6 Å². The fraction of sp³-hybridized carbons (Fsp3) is 0.412. The maximum atomic E-state index is 13.1. The number of carbonyl (C=O) groups excluding carboxylic acids is 1. The first-order valence-electron chi connectivity index (χ1n) is 7.76. The van der Waals surface area contributed by atoms with Gasteiger partial charge in [0.15, 0.2) is 0 Å². The molecule has 1 heterocycles. The van der Waals surface area contributed by atoms with Crippen LogP contribution in [-0.4, -0.2) is 23.8 Å². The summed E-state index contributed by atoms with van der Waals surface area (Å²) >= 11 is 0. The lowest BCUT2D eigenvalue weighted by atomic mass is 10.1. The molecule has 0 radical (unpaired) electrons. The van der Waals surface area contributed by atoms with Gasteiger partial charge in [-0.3, -0.25) is 0 Å². The van der Waals surface area contributed by atoms with E-state index < -0.39 is 0 Å². The lowest BCUT2D eigenvalue weighted by Gasteiger charge is -2.18. The third-order valence-corrected chi connectivity index (χ3v) is 3.55. The number of halogens is 1. The van der Waals surface area contributed by atoms with Crippen LogP contribution in [0.25, 0.3) is 0 Å². The van der Waals surface area contributed by atoms with Crippen molar-refractivity contribution in [2.24, 2.45) is 0 Å². The summed E-state index contributed by atoms with van der Waals surface area (Å²) in [4.78, 5) is 12.0. The number of urea groups is 1. The van der Waals surface area contributed by atoms with Crippen LogP contribution in [0.4, 0.5) is 9.18 Å². The molecule has 24 heavy (non-hydrogen) atoms. The number of aromatic nitrogens is 1. The molecule has 0 saturated heterocycles. The summed E-state index contributed by atoms with van der Waals surface area (Å²) in [5, 5.41) is 9.43. The van der Waals surface area contributed by atoms with Gasteiger partial charge in [-0.1, -0.05) is 11.2 Å². The fourth-order valence-electron chi connectivity index (χ4n) is 2.48. The minimum atomic E-state index is -0.362. The largest absolute Gasteiger partial charge is 0.489 e. The standard InChI is InChI=1S/C17H22FN3O3/c1-10(23-15-7-5-6-14(18)8-15)9-19-17(22)20-11(2)16-12(3)21-24-13(16)4/h5-8,10-11H,9H2,1-4H3,(H2,19,20,22)/t10-,11+/m1/s1. The van der Waals surface area contributed by atoms with Gasteiger partial charge in [0.1, 0.15) is 23.4 Å². The third kappa shape index (κ3) is 4.71. The topological polar surface area (TPSA) is 76.4 Å². The van der Waals surface area contributed by atoms with E-state index in [4.69, 9.17) is 9.26 Å². The molecule has 0 bridgehead atoms. The van der Waals surface area contributed by atoms with Crippen LogP contribution in [0.15, 0.2) is 28.8 Å². The van der Waals surface area contributed by atoms with Crippen molar-refractivity contribution < 1.29 is 18.4 Å². The second-order valence-corrected chi connectivity index (χ2v) is 5.70. The molecule has 2 atom stereocenters. The van der Waals surface area contributed by atoms with Gasteiger partial charge in [-0.2, -0.15) is 0 Å². The molecular weight excluding hydrogens is 313 g/mol. The van der Waals surface area contributed by atoms with E-state index in [0.29, 0.717) is 11.5 Å². The highest BCUT2D eigenvalue weighted by Crippen LogP contribution is 2.20. The van der Waals surface area contributed by atoms with E-state index in [2.05, 4.69) is 15.8 Å². The number of aryl methyl sites for hydroxylation is 2. The zero-order valence-corrected chi connectivity index (χ0v) is 14.2. The quantitative estimate of drug-likeness (QED) is 0.849. The summed E-state index contributed by atoms with van der Waals surface area (Å²) < 4.78 is 23.8. The van der Waals surface area contributed by atoms with Crippen molar-refractivity contribution in [2.75, 3.05) is 6.54 Å². The molecule has 0 aliphatic heterocycles. The van der Waals surface area contributed by atoms with Crippen molar-refractivity contribution in [3.63, 3.8) is 0 Å². The van der Waals surface area contributed by atoms with E-state index in [-0.39, 0.29) is 30.5 Å². The molecule has 0 spiro atoms. The Hall–Kier alpha value is -2.57. The van der Waals surface area contributed by atoms with E-state index >= 15 is 0 Å². The molecule has 2 aromatic rings. The Labute approximate surface area is 140 Å². The monoisotopic (exact) mass is 335 g/mol. The molecule has 0 saturated carbocycles. The van der Waals surface area contributed by atoms with E-state index in [0.717, 1.165) is 11.3 Å². The van der Waals surface area contributed by atoms with Crippen LogP contribution in [0.3, 0.4) is 0 Å². The Balaban J connectivity index is 1.80. The van der Waals surface area contributed by atoms with Crippen LogP contribution in [0.5, 0.6) is 5.75 Å². The number of hydrogen-bond acceptors (Lipinski definition) is 4. The van der Waals surface area contributed by atoms with Gasteiger partial charge >= 0.3 is 6.03 Å². The molecule has 6 nitrogen and oxygen atoms in total. The number of rotatable bonds is 6. The Kier molecular flexibility index (Phi) is 5.78. The molecule has 130 valence electrons. The SMILES string of the molecule is Cc1noc(C)c1[C@H](C)NC(=O)NC[C@@H](C)Oc1cccc(F)c1. The number of nitrogens with one attached hydrogen (secondary N) is 2. The van der Waals surface area contributed by atoms with Crippen molar-refractivity contribution >= 4 is 6.03 Å². The molecule has 1 aromatic heterocycles. The number of nitrogens with zero attached hydrogens (tertiary/aromatic N) is 1. The normalized spacial score (nSPS) is 13.2. The zero-order valence-electron chi connectivity index (χ0n) is 14.2. The molecule has 2 N–H and O–H groups in total. The van der Waals surface area contributed by atoms with Crippen LogP contribution < -0.4 is 15.4 Å². The van der Waals surface area contributed by atoms with Crippen molar-refractivity contribution in [3.8, 4) is 5.75 Å². The molecule has 0 aliphatic rings. The highest BCUT2D eigenvalue weighted by Gasteiger charge is 2.18. The predicted octanol–water partition coefficient (Wildman–Crippen LogP) is 3.26. The van der Waals surface area contributed by atoms with Gasteiger partial charge in [-0.15, -0.1) is 0 Å². The Morgan fingerprint density at radius 3 is 2.75 bits per heavy atom. The Morgan fingerprint density at radius 2 is 2.12 bits per heavy atom. The smallest absolute Gasteiger partial charge is 0.315 e. The van der Waals surface area contributed by atoms with E-state index in [1.54, 1.807) is 26.0 Å². The highest BCUT2D eigenvalue weighted by molar-refractivity contribution is 5.74. The van der Waals surface area contributed by atoms with Gasteiger partial charge in [-0.25, -0.2) is 9.18 Å². The Bertz CT molecular complexity index is 683. The summed E-state index contributed by atoms with van der Waals surface area (Å²) in [7, 11) is 0. The average molecular weight is 335 g/mol. The lowest BCUT2D eigenvalue weighted by Crippen LogP contribution is -2.41. The first-order valence-corrected chi connectivity index (χ1v) is 7.76. The van der Waals surface area contributed by atoms with Gasteiger partial charge in [0.25, 0.3) is 0 Å². The maximum absolute atomic E-state index is 13.1. The average Bonchev–Trinajstić information content (AvgIpc) is 2.84. The molecule has 7 heteroatoms. The van der Waals surface area contributed by atoms with Crippen molar-refractivity contribution in [2.45, 2.75) is 39.8 Å². The predicted molar refractivity (Wildman–Crippen MR) is 87.4 cm³/mol. The zero-order chi connectivity index (χ0) is 17.7. The van der Waals surface area contributed by atoms with E-state index in [9.17, 15) is 9.18 Å². The highest BCUT2D eigenvalue weighted by atomic mass is 19.1. The number of hydrogen-bond donors (Lipinski definition) is 2. The second kappa shape index (κ2) is 7.81. The van der Waals surface area contributed by atoms with Gasteiger partial charge in [0.05, 0.1) is 18.3 Å². The third-order valence-electron chi connectivity index (χ3n) is 3.55. The summed E-state index contributed by atoms with van der Waals surface area (Å²) in [6.45, 7) is 7.58. The van der Waals surface area contributed by atoms with Crippen LogP contribution >= 0.6 is 0 Å². The first-order chi connectivity index (χ1) is 11.4. The molecule has 2 rings (SSSR count). The van der Waals surface area contributed by atoms with E-state index in [1.807, 2.05) is 13.8 Å². The van der Waals surface area contributed by atoms with Crippen LogP contribution in [0.1, 0.15) is 36.9 Å². The van der Waals surface area contributed by atoms with Crippen molar-refractivity contribution in [1.29, 1.82) is 0 Å². The lowest BCUT2D eigenvalue weighted by molar-refractivity contribution is 0.206. The molecule has 0 aliphatic carbocycles. The first kappa shape index (κ1) is 17.8. The van der Waals surface area contributed by atoms with Crippen molar-refractivity contribution in [3.05, 3.63) is 47.1 Å². The number of carbonyl (C=O) groups is 1. The van der Waals surface area contributed by atoms with Gasteiger partial charge < -0.3 is 19.9 Å². The molecule has 2 amide bonds. The molecule has 1 aromatic carbocycles. The van der Waals surface area contributed by atoms with Crippen LogP contribution in [0, 0.1) is 19.7 Å². The fourth-order valence-corrected chi connectivity index (χ4v) is 2.48. The number of ether oxygens (including phenoxy) is 1. The Morgan fingerprint density at radius 1 is 1.38 bits per heavy atom. The van der Waals surface area contributed by atoms with Gasteiger partial charge in [0.2, 0.25) is 0 Å². The van der Waals surface area contributed by atoms with Crippen LogP contribution in [-0.2, 0) is 0 Å². The summed E-state index contributed by atoms with van der Waals surface area (Å²) in [6, 6.07) is 5.34. The molecular formula is C17H22FN3O3. The van der Waals surface area contributed by atoms with Gasteiger partial charge in [-0.05, 0) is 39.8 Å². The summed E-state index contributed by atoms with van der Waals surface area (Å²) in [5.41, 5.74) is 1.62. The summed E-state index contributed by atoms with van der Waals surface area (Å²) in [5.74, 6) is 0.746. The second-order valence-electron chi connectivity index (χ2n) is 5.70.